The van der Waals surface area contributed by atoms with Gasteiger partial charge in [-0.05, 0) is 25.1 Å². The number of nitrogens with zero attached hydrogens (tertiary/aromatic N) is 6. The predicted molar refractivity (Wildman–Crippen MR) is 123 cm³/mol. The molecule has 1 aliphatic rings. The van der Waals surface area contributed by atoms with E-state index in [4.69, 9.17) is 0 Å². The van der Waals surface area contributed by atoms with Crippen LogP contribution in [0.1, 0.15) is 12.6 Å². The van der Waals surface area contributed by atoms with E-state index in [9.17, 15) is 0 Å². The minimum atomic E-state index is 0. The lowest BCUT2D eigenvalue weighted by Gasteiger charge is -2.34. The van der Waals surface area contributed by atoms with Gasteiger partial charge < -0.3 is 15.5 Å². The summed E-state index contributed by atoms with van der Waals surface area (Å²) in [5.41, 5.74) is 0.967. The van der Waals surface area contributed by atoms with Crippen LogP contribution < -0.4 is 15.5 Å². The van der Waals surface area contributed by atoms with Gasteiger partial charge in [0.1, 0.15) is 0 Å². The molecule has 1 aliphatic heterocycles. The Hall–Kier alpha value is -2.01. The second-order valence-electron chi connectivity index (χ2n) is 6.32. The third-order valence-electron chi connectivity index (χ3n) is 4.40. The van der Waals surface area contributed by atoms with Crippen LogP contribution in [0.3, 0.4) is 0 Å². The van der Waals surface area contributed by atoms with Gasteiger partial charge in [-0.2, -0.15) is 0 Å². The highest BCUT2D eigenvalue weighted by Gasteiger charge is 2.18. The molecular weight excluding hydrogens is 467 g/mol. The summed E-state index contributed by atoms with van der Waals surface area (Å²) in [5.74, 6) is 1.66. The molecule has 0 atom stereocenters. The molecule has 0 aromatic carbocycles. The Morgan fingerprint density at radius 3 is 2.43 bits per heavy atom. The van der Waals surface area contributed by atoms with Crippen molar-refractivity contribution in [1.29, 1.82) is 0 Å². The average molecular weight is 496 g/mol. The molecule has 2 aromatic heterocycles. The third kappa shape index (κ3) is 7.19. The van der Waals surface area contributed by atoms with Crippen LogP contribution in [0.25, 0.3) is 0 Å². The van der Waals surface area contributed by atoms with Gasteiger partial charge in [0.2, 0.25) is 5.95 Å². The summed E-state index contributed by atoms with van der Waals surface area (Å²) < 4.78 is 0. The number of guanidine groups is 1. The number of aromatic nitrogens is 3. The first-order valence-corrected chi connectivity index (χ1v) is 9.51. The minimum absolute atomic E-state index is 0. The molecule has 0 amide bonds. The van der Waals surface area contributed by atoms with E-state index in [1.165, 1.54) is 0 Å². The number of rotatable bonds is 7. The first-order chi connectivity index (χ1) is 13.3. The molecule has 2 N–H and O–H groups in total. The zero-order chi connectivity index (χ0) is 18.7. The van der Waals surface area contributed by atoms with Crippen LogP contribution in [-0.2, 0) is 6.54 Å². The standard InChI is InChI=1S/C19H28N8.HI/c1-2-20-18(25-16-17-6-3-4-7-21-17)22-10-11-26-12-14-27(15-13-26)19-23-8-5-9-24-19;/h3-9H,2,10-16H2,1H3,(H2,20,22,25);1H. The average Bonchev–Trinajstić information content (AvgIpc) is 2.74. The Bertz CT molecular complexity index is 690. The normalized spacial score (nSPS) is 15.0. The Morgan fingerprint density at radius 2 is 1.75 bits per heavy atom. The van der Waals surface area contributed by atoms with Crippen molar-refractivity contribution in [3.05, 3.63) is 48.5 Å². The topological polar surface area (TPSA) is 81.6 Å². The molecule has 1 fully saturated rings. The molecule has 1 saturated heterocycles. The van der Waals surface area contributed by atoms with Crippen LogP contribution >= 0.6 is 24.0 Å². The first-order valence-electron chi connectivity index (χ1n) is 9.51. The first kappa shape index (κ1) is 22.3. The van der Waals surface area contributed by atoms with E-state index in [2.05, 4.69) is 47.3 Å². The number of hydrogen-bond donors (Lipinski definition) is 2. The number of aliphatic imine (C=N–C) groups is 1. The lowest BCUT2D eigenvalue weighted by Crippen LogP contribution is -2.49. The van der Waals surface area contributed by atoms with Gasteiger partial charge in [0.25, 0.3) is 0 Å². The van der Waals surface area contributed by atoms with Gasteiger partial charge in [-0.3, -0.25) is 9.88 Å². The van der Waals surface area contributed by atoms with Gasteiger partial charge in [-0.1, -0.05) is 6.07 Å². The van der Waals surface area contributed by atoms with E-state index >= 15 is 0 Å². The van der Waals surface area contributed by atoms with Crippen LogP contribution in [0, 0.1) is 0 Å². The van der Waals surface area contributed by atoms with Crippen molar-refractivity contribution in [1.82, 2.24) is 30.5 Å². The Labute approximate surface area is 183 Å². The fourth-order valence-electron chi connectivity index (χ4n) is 2.95. The smallest absolute Gasteiger partial charge is 0.225 e. The molecule has 152 valence electrons. The number of pyridine rings is 1. The highest BCUT2D eigenvalue weighted by molar-refractivity contribution is 14.0. The zero-order valence-corrected chi connectivity index (χ0v) is 18.6. The Balaban J connectivity index is 0.00000280. The third-order valence-corrected chi connectivity index (χ3v) is 4.40. The molecule has 9 heteroatoms. The maximum atomic E-state index is 4.61. The van der Waals surface area contributed by atoms with Crippen LogP contribution in [0.5, 0.6) is 0 Å². The van der Waals surface area contributed by atoms with Crippen molar-refractivity contribution in [2.45, 2.75) is 13.5 Å². The number of anilines is 1. The predicted octanol–water partition coefficient (Wildman–Crippen LogP) is 1.37. The van der Waals surface area contributed by atoms with Crippen molar-refractivity contribution in [2.75, 3.05) is 50.7 Å². The maximum absolute atomic E-state index is 4.61. The number of nitrogens with one attached hydrogen (secondary N) is 2. The van der Waals surface area contributed by atoms with Crippen LogP contribution in [0.15, 0.2) is 47.8 Å². The number of hydrogen-bond acceptors (Lipinski definition) is 6. The van der Waals surface area contributed by atoms with Gasteiger partial charge in [-0.25, -0.2) is 15.0 Å². The second-order valence-corrected chi connectivity index (χ2v) is 6.32. The monoisotopic (exact) mass is 496 g/mol. The summed E-state index contributed by atoms with van der Waals surface area (Å²) in [5, 5.41) is 6.70. The van der Waals surface area contributed by atoms with Crippen molar-refractivity contribution in [3.8, 4) is 0 Å². The maximum Gasteiger partial charge on any atom is 0.225 e. The summed E-state index contributed by atoms with van der Waals surface area (Å²) in [6.07, 6.45) is 5.39. The summed E-state index contributed by atoms with van der Waals surface area (Å²) in [7, 11) is 0. The highest BCUT2D eigenvalue weighted by atomic mass is 127. The van der Waals surface area contributed by atoms with Crippen molar-refractivity contribution < 1.29 is 0 Å². The quantitative estimate of drug-likeness (QED) is 0.341. The van der Waals surface area contributed by atoms with E-state index in [-0.39, 0.29) is 24.0 Å². The van der Waals surface area contributed by atoms with Gasteiger partial charge >= 0.3 is 0 Å². The minimum Gasteiger partial charge on any atom is -0.357 e. The van der Waals surface area contributed by atoms with E-state index in [1.54, 1.807) is 18.6 Å². The van der Waals surface area contributed by atoms with Crippen LogP contribution in [0.4, 0.5) is 5.95 Å². The highest BCUT2D eigenvalue weighted by Crippen LogP contribution is 2.09. The lowest BCUT2D eigenvalue weighted by molar-refractivity contribution is 0.260. The van der Waals surface area contributed by atoms with Crippen molar-refractivity contribution in [3.63, 3.8) is 0 Å². The molecule has 0 bridgehead atoms. The Kier molecular flexibility index (Phi) is 9.91. The molecule has 28 heavy (non-hydrogen) atoms. The molecule has 0 unspecified atom stereocenters. The van der Waals surface area contributed by atoms with E-state index in [0.717, 1.165) is 63.4 Å². The largest absolute Gasteiger partial charge is 0.357 e. The molecule has 0 saturated carbocycles. The van der Waals surface area contributed by atoms with Crippen molar-refractivity contribution in [2.24, 2.45) is 4.99 Å². The summed E-state index contributed by atoms with van der Waals surface area (Å²) in [4.78, 5) is 22.3. The fourth-order valence-corrected chi connectivity index (χ4v) is 2.95. The van der Waals surface area contributed by atoms with E-state index in [0.29, 0.717) is 6.54 Å². The molecule has 8 nitrogen and oxygen atoms in total. The zero-order valence-electron chi connectivity index (χ0n) is 16.3. The number of piperazine rings is 1. The lowest BCUT2D eigenvalue weighted by atomic mass is 10.3. The van der Waals surface area contributed by atoms with Gasteiger partial charge in [0.15, 0.2) is 5.96 Å². The molecule has 3 rings (SSSR count). The molecule has 2 aromatic rings. The van der Waals surface area contributed by atoms with Crippen LogP contribution in [-0.4, -0.2) is 71.6 Å². The van der Waals surface area contributed by atoms with E-state index < -0.39 is 0 Å². The SMILES string of the molecule is CCNC(=NCc1ccccn1)NCCN1CCN(c2ncccn2)CC1.I. The number of halogens is 1. The molecule has 0 aliphatic carbocycles. The van der Waals surface area contributed by atoms with Crippen LogP contribution in [0.2, 0.25) is 0 Å². The molecular formula is C19H29IN8. The molecule has 0 spiro atoms. The van der Waals surface area contributed by atoms with Crippen molar-refractivity contribution >= 4 is 35.9 Å². The van der Waals surface area contributed by atoms with Gasteiger partial charge in [0, 0.05) is 64.4 Å². The van der Waals surface area contributed by atoms with Gasteiger partial charge in [-0.15, -0.1) is 24.0 Å². The molecule has 0 radical (unpaired) electrons. The fraction of sp³-hybridized carbons (Fsp3) is 0.474. The summed E-state index contributed by atoms with van der Waals surface area (Å²) >= 11 is 0. The molecule has 3 heterocycles. The second kappa shape index (κ2) is 12.4. The Morgan fingerprint density at radius 1 is 1.00 bits per heavy atom. The summed E-state index contributed by atoms with van der Waals surface area (Å²) in [6, 6.07) is 7.74. The van der Waals surface area contributed by atoms with E-state index in [1.807, 2.05) is 24.3 Å². The van der Waals surface area contributed by atoms with Gasteiger partial charge in [0.05, 0.1) is 12.2 Å². The summed E-state index contributed by atoms with van der Waals surface area (Å²) in [6.45, 7) is 9.27.